The lowest BCUT2D eigenvalue weighted by molar-refractivity contribution is -0.344. The van der Waals surface area contributed by atoms with Crippen molar-refractivity contribution in [1.82, 2.24) is 0 Å². The molecule has 0 aliphatic rings. The van der Waals surface area contributed by atoms with E-state index in [-0.39, 0.29) is 0 Å². The van der Waals surface area contributed by atoms with Gasteiger partial charge >= 0.3 is 0 Å². The van der Waals surface area contributed by atoms with Crippen LogP contribution in [0.4, 0.5) is 0 Å². The van der Waals surface area contributed by atoms with Gasteiger partial charge in [0.1, 0.15) is 0 Å². The highest BCUT2D eigenvalue weighted by atomic mass is 14.6. The molecule has 0 spiro atoms. The van der Waals surface area contributed by atoms with Gasteiger partial charge in [-0.3, -0.25) is 0 Å². The molecule has 0 radical (unpaired) electrons. The van der Waals surface area contributed by atoms with Gasteiger partial charge < -0.3 is 0 Å². The lowest BCUT2D eigenvalue weighted by atomic mass is 10.0. The first-order valence-electron chi connectivity index (χ1n) is 5.14. The van der Waals surface area contributed by atoms with Crippen LogP contribution >= 0.6 is 0 Å². The first-order chi connectivity index (χ1) is 7.34. The smallest absolute Gasteiger partial charge is 0.211 e. The van der Waals surface area contributed by atoms with E-state index < -0.39 is 0 Å². The van der Waals surface area contributed by atoms with Crippen molar-refractivity contribution in [3.63, 3.8) is 0 Å². The van der Waals surface area contributed by atoms with Gasteiger partial charge in [-0.2, -0.15) is 0 Å². The molecular weight excluding hydrogens is 182 g/mol. The zero-order valence-electron chi connectivity index (χ0n) is 8.62. The fourth-order valence-corrected chi connectivity index (χ4v) is 2.05. The molecule has 0 bridgehead atoms. The zero-order chi connectivity index (χ0) is 10.3. The molecule has 0 saturated heterocycles. The molecule has 1 heteroatoms. The maximum Gasteiger partial charge on any atom is 0.211 e. The number of aromatic nitrogens is 1. The topological polar surface area (TPSA) is 14.1 Å². The summed E-state index contributed by atoms with van der Waals surface area (Å²) in [5, 5.41) is 3.89. The van der Waals surface area contributed by atoms with Crippen molar-refractivity contribution in [2.75, 3.05) is 0 Å². The van der Waals surface area contributed by atoms with Crippen molar-refractivity contribution in [3.8, 4) is 0 Å². The zero-order valence-corrected chi connectivity index (χ0v) is 8.62. The van der Waals surface area contributed by atoms with Gasteiger partial charge in [0.05, 0.1) is 0 Å². The summed E-state index contributed by atoms with van der Waals surface area (Å²) in [7, 11) is 0. The van der Waals surface area contributed by atoms with Crippen LogP contribution in [0.15, 0.2) is 48.7 Å². The average Bonchev–Trinajstić information content (AvgIpc) is 2.27. The van der Waals surface area contributed by atoms with Crippen molar-refractivity contribution < 1.29 is 4.98 Å². The van der Waals surface area contributed by atoms with Crippen LogP contribution in [0.25, 0.3) is 21.7 Å². The van der Waals surface area contributed by atoms with Crippen LogP contribution in [0.1, 0.15) is 5.56 Å². The quantitative estimate of drug-likeness (QED) is 0.488. The Hall–Kier alpha value is -1.89. The largest absolute Gasteiger partial charge is 0.211 e. The monoisotopic (exact) mass is 194 g/mol. The minimum Gasteiger partial charge on any atom is -0.211 e. The third-order valence-electron chi connectivity index (χ3n) is 2.88. The minimum atomic E-state index is 1.19. The van der Waals surface area contributed by atoms with E-state index in [1.54, 1.807) is 0 Å². The summed E-state index contributed by atoms with van der Waals surface area (Å²) in [6, 6.07) is 15.0. The van der Waals surface area contributed by atoms with Crippen molar-refractivity contribution in [2.45, 2.75) is 6.92 Å². The van der Waals surface area contributed by atoms with Crippen molar-refractivity contribution in [3.05, 3.63) is 54.2 Å². The fourth-order valence-electron chi connectivity index (χ4n) is 2.05. The minimum absolute atomic E-state index is 1.19. The summed E-state index contributed by atoms with van der Waals surface area (Å²) in [4.78, 5) is 3.27. The molecule has 0 atom stereocenters. The number of pyridine rings is 1. The Morgan fingerprint density at radius 3 is 2.73 bits per heavy atom. The highest BCUT2D eigenvalue weighted by Crippen LogP contribution is 2.22. The second-order valence-electron chi connectivity index (χ2n) is 3.91. The third kappa shape index (κ3) is 1.28. The maximum atomic E-state index is 3.27. The summed E-state index contributed by atoms with van der Waals surface area (Å²) >= 11 is 0. The van der Waals surface area contributed by atoms with Crippen LogP contribution in [0.2, 0.25) is 0 Å². The normalized spacial score (nSPS) is 11.0. The Labute approximate surface area is 88.4 Å². The lowest BCUT2D eigenvalue weighted by Crippen LogP contribution is -2.00. The van der Waals surface area contributed by atoms with E-state index >= 15 is 0 Å². The second kappa shape index (κ2) is 3.06. The predicted octanol–water partition coefficient (Wildman–Crippen LogP) is 3.12. The molecular formula is C14H12N+. The van der Waals surface area contributed by atoms with E-state index in [1.807, 2.05) is 12.3 Å². The van der Waals surface area contributed by atoms with Crippen molar-refractivity contribution >= 4 is 21.7 Å². The summed E-state index contributed by atoms with van der Waals surface area (Å²) in [5.41, 5.74) is 2.52. The SMILES string of the molecule is Cc1cccc2cc3ccc[nH+]c3cc12. The number of aromatic amines is 1. The Bertz CT molecular complexity index is 641. The summed E-state index contributed by atoms with van der Waals surface area (Å²) in [6.45, 7) is 2.15. The molecule has 0 fully saturated rings. The Kier molecular flexibility index (Phi) is 1.72. The molecule has 72 valence electrons. The highest BCUT2D eigenvalue weighted by Gasteiger charge is 2.03. The number of benzene rings is 2. The molecule has 2 aromatic carbocycles. The number of fused-ring (bicyclic) bond motifs is 2. The van der Waals surface area contributed by atoms with E-state index in [4.69, 9.17) is 0 Å². The predicted molar refractivity (Wildman–Crippen MR) is 62.7 cm³/mol. The highest BCUT2D eigenvalue weighted by molar-refractivity contribution is 5.96. The summed E-state index contributed by atoms with van der Waals surface area (Å²) in [6.07, 6.45) is 1.96. The van der Waals surface area contributed by atoms with E-state index in [1.165, 1.54) is 27.2 Å². The van der Waals surface area contributed by atoms with E-state index in [2.05, 4.69) is 48.3 Å². The Morgan fingerprint density at radius 2 is 1.80 bits per heavy atom. The van der Waals surface area contributed by atoms with Crippen LogP contribution in [0.5, 0.6) is 0 Å². The molecule has 0 aliphatic carbocycles. The molecule has 0 unspecified atom stereocenters. The molecule has 1 heterocycles. The maximum absolute atomic E-state index is 3.27. The van der Waals surface area contributed by atoms with Crippen LogP contribution in [0, 0.1) is 6.92 Å². The van der Waals surface area contributed by atoms with Crippen LogP contribution in [-0.4, -0.2) is 0 Å². The molecule has 0 aliphatic heterocycles. The van der Waals surface area contributed by atoms with Gasteiger partial charge in [0, 0.05) is 17.5 Å². The molecule has 15 heavy (non-hydrogen) atoms. The van der Waals surface area contributed by atoms with Crippen LogP contribution in [-0.2, 0) is 0 Å². The molecule has 0 amide bonds. The van der Waals surface area contributed by atoms with Crippen molar-refractivity contribution in [1.29, 1.82) is 0 Å². The third-order valence-corrected chi connectivity index (χ3v) is 2.88. The van der Waals surface area contributed by atoms with Crippen LogP contribution in [0.3, 0.4) is 0 Å². The Balaban J connectivity index is 2.53. The molecule has 1 nitrogen and oxygen atoms in total. The molecule has 0 saturated carbocycles. The number of aryl methyl sites for hydroxylation is 1. The van der Waals surface area contributed by atoms with Gasteiger partial charge in [0.25, 0.3) is 0 Å². The number of rotatable bonds is 0. The van der Waals surface area contributed by atoms with Gasteiger partial charge in [-0.05, 0) is 35.4 Å². The van der Waals surface area contributed by atoms with Gasteiger partial charge in [0.2, 0.25) is 5.52 Å². The average molecular weight is 194 g/mol. The number of hydrogen-bond donors (Lipinski definition) is 0. The first-order valence-corrected chi connectivity index (χ1v) is 5.14. The second-order valence-corrected chi connectivity index (χ2v) is 3.91. The van der Waals surface area contributed by atoms with E-state index in [0.717, 1.165) is 0 Å². The standard InChI is InChI=1S/C14H11N/c1-10-4-2-5-11-8-12-6-3-7-15-14(12)9-13(10)11/h2-9H,1H3/p+1. The molecule has 3 aromatic rings. The van der Waals surface area contributed by atoms with E-state index in [0.29, 0.717) is 0 Å². The molecule has 3 rings (SSSR count). The van der Waals surface area contributed by atoms with Gasteiger partial charge in [-0.1, -0.05) is 18.2 Å². The van der Waals surface area contributed by atoms with Gasteiger partial charge in [-0.25, -0.2) is 4.98 Å². The first kappa shape index (κ1) is 8.42. The number of nitrogens with one attached hydrogen (secondary N) is 1. The van der Waals surface area contributed by atoms with Crippen LogP contribution < -0.4 is 4.98 Å². The van der Waals surface area contributed by atoms with Gasteiger partial charge in [-0.15, -0.1) is 0 Å². The fraction of sp³-hybridized carbons (Fsp3) is 0.0714. The Morgan fingerprint density at radius 1 is 0.933 bits per heavy atom. The number of hydrogen-bond acceptors (Lipinski definition) is 0. The molecule has 1 N–H and O–H groups in total. The number of H-pyrrole nitrogens is 1. The van der Waals surface area contributed by atoms with Crippen molar-refractivity contribution in [2.24, 2.45) is 0 Å². The summed E-state index contributed by atoms with van der Waals surface area (Å²) in [5.74, 6) is 0. The summed E-state index contributed by atoms with van der Waals surface area (Å²) < 4.78 is 0. The molecule has 1 aromatic heterocycles. The van der Waals surface area contributed by atoms with Gasteiger partial charge in [0.15, 0.2) is 6.20 Å². The lowest BCUT2D eigenvalue weighted by Gasteiger charge is -2.01. The van der Waals surface area contributed by atoms with E-state index in [9.17, 15) is 0 Å².